The molecule has 0 saturated heterocycles. The van der Waals surface area contributed by atoms with E-state index in [1.807, 2.05) is 12.1 Å². The molecule has 5 heterocycles. The van der Waals surface area contributed by atoms with E-state index in [4.69, 9.17) is 14.7 Å². The third kappa shape index (κ3) is 8.94. The van der Waals surface area contributed by atoms with E-state index in [0.717, 1.165) is 0 Å². The van der Waals surface area contributed by atoms with Crippen LogP contribution >= 0.6 is 0 Å². The Hall–Kier alpha value is -3.86. The molecule has 4 aromatic carbocycles. The molecule has 0 aliphatic carbocycles. The van der Waals surface area contributed by atoms with Gasteiger partial charge in [-0.15, -0.1) is 0 Å². The summed E-state index contributed by atoms with van der Waals surface area (Å²) in [6, 6.07) is 26.2. The average molecular weight is 915 g/mol. The quantitative estimate of drug-likeness (QED) is 0.0689. The number of aromatic nitrogens is 4. The Morgan fingerprint density at radius 2 is 0.790 bits per heavy atom. The number of hydrogen-bond acceptors (Lipinski definition) is 7. The molecular weight excluding hydrogens is 884 g/mol. The fourth-order valence-electron chi connectivity index (χ4n) is 7.47. The maximum atomic E-state index is 16.3. The summed E-state index contributed by atoms with van der Waals surface area (Å²) >= 11 is 0. The van der Waals surface area contributed by atoms with Crippen molar-refractivity contribution in [3.05, 3.63) is 143 Å². The number of phenols is 3. The number of fused-ring (bicyclic) bond motifs is 8. The number of halogens is 4. The summed E-state index contributed by atoms with van der Waals surface area (Å²) in [5, 5.41) is 40.9. The van der Waals surface area contributed by atoms with Gasteiger partial charge in [0, 0.05) is 158 Å². The molecule has 0 spiro atoms. The number of aliphatic hydroxyl groups is 1. The summed E-state index contributed by atoms with van der Waals surface area (Å²) in [6.45, 7) is -1.29. The number of hydrogen-bond donors (Lipinski definition) is 6. The summed E-state index contributed by atoms with van der Waals surface area (Å²) in [5.74, 6) is -8.54. The summed E-state index contributed by atoms with van der Waals surface area (Å²) in [7, 11) is 0. The van der Waals surface area contributed by atoms with Crippen molar-refractivity contribution < 1.29 is 156 Å². The zero-order valence-electron chi connectivity index (χ0n) is 31.6. The SMILES string of the molecule is OCCOc1c(F)c(F)c(-c2c3nc(c(-c4cccc(O)c4)c4ccc([nH]4)c(-c4cccc(O)c4)c4nc(c(-c5cccc(O)c5)c5ccc2[nH]5)C=C4)C=C3)c(F)c1F.[Ar].[Ar].[Ar]. The number of phenolic OH excluding ortho intramolecular Hbond substituents is 3. The normalized spacial score (nSPS) is 11.4. The molecule has 6 N–H and O–H groups in total. The standard InChI is InChI=1S/C46H30F4N4O5.3Ar/c47-42-41(43(48)45(50)46(44(42)49)59-19-18-55)40-35-16-14-33(53-35)38(24-5-2-8-27(57)21-24)31-12-10-29(51-31)37(23-4-1-7-26(56)20-23)30-11-13-32(52-30)39(34-15-17-36(40)54-34)25-6-3-9-28(58)22-25;;;/h1-17,20-22,51,54-58H,18-19H2;;;. The van der Waals surface area contributed by atoms with Gasteiger partial charge in [-0.3, -0.25) is 0 Å². The third-order valence-corrected chi connectivity index (χ3v) is 9.97. The van der Waals surface area contributed by atoms with Crippen LogP contribution in [0.3, 0.4) is 0 Å². The van der Waals surface area contributed by atoms with Crippen LogP contribution in [0, 0.1) is 136 Å². The predicted molar refractivity (Wildman–Crippen MR) is 218 cm³/mol. The van der Waals surface area contributed by atoms with Crippen molar-refractivity contribution in [2.45, 2.75) is 0 Å². The number of H-pyrrole nitrogens is 2. The second kappa shape index (κ2) is 19.9. The summed E-state index contributed by atoms with van der Waals surface area (Å²) < 4.78 is 68.9. The fraction of sp³-hybridized carbons (Fsp3) is 0.0435. The van der Waals surface area contributed by atoms with Gasteiger partial charge in [-0.25, -0.2) is 18.7 Å². The molecule has 0 unspecified atom stereocenters. The molecule has 0 fully saturated rings. The number of nitrogens with one attached hydrogen (secondary N) is 2. The maximum Gasteiger partial charge on any atom is 0.204 e. The Balaban J connectivity index is 0.00000214. The van der Waals surface area contributed by atoms with E-state index in [1.165, 1.54) is 36.4 Å². The molecule has 7 aromatic rings. The van der Waals surface area contributed by atoms with E-state index in [9.17, 15) is 20.4 Å². The first kappa shape index (κ1) is 47.6. The Kier molecular flexibility index (Phi) is 15.3. The van der Waals surface area contributed by atoms with Crippen LogP contribution in [0.15, 0.2) is 97.1 Å². The molecule has 9 rings (SSSR count). The van der Waals surface area contributed by atoms with Crippen LogP contribution in [-0.4, -0.2) is 53.6 Å². The number of nitrogens with zero attached hydrogens (tertiary/aromatic N) is 2. The molecule has 0 radical (unpaired) electrons. The Morgan fingerprint density at radius 1 is 0.452 bits per heavy atom. The van der Waals surface area contributed by atoms with Crippen LogP contribution in [0.25, 0.3) is 90.9 Å². The molecule has 2 aliphatic rings. The van der Waals surface area contributed by atoms with Crippen molar-refractivity contribution in [3.63, 3.8) is 0 Å². The Labute approximate surface area is 440 Å². The maximum absolute atomic E-state index is 16.3. The number of aromatic hydroxyl groups is 3. The molecule has 2 aliphatic heterocycles. The topological polar surface area (TPSA) is 148 Å². The van der Waals surface area contributed by atoms with Gasteiger partial charge in [0.1, 0.15) is 23.9 Å². The van der Waals surface area contributed by atoms with E-state index in [2.05, 4.69) is 9.97 Å². The largest absolute Gasteiger partial charge is 0.508 e. The van der Waals surface area contributed by atoms with Gasteiger partial charge in [0.05, 0.1) is 34.9 Å². The first-order chi connectivity index (χ1) is 28.6. The van der Waals surface area contributed by atoms with Gasteiger partial charge in [0.25, 0.3) is 0 Å². The first-order valence-electron chi connectivity index (χ1n) is 18.2. The van der Waals surface area contributed by atoms with Gasteiger partial charge in [0.2, 0.25) is 11.6 Å². The molecule has 0 atom stereocenters. The molecule has 0 saturated carbocycles. The van der Waals surface area contributed by atoms with Crippen molar-refractivity contribution >= 4 is 46.4 Å². The molecule has 316 valence electrons. The van der Waals surface area contributed by atoms with Gasteiger partial charge < -0.3 is 35.1 Å². The first-order valence-corrected chi connectivity index (χ1v) is 18.2. The van der Waals surface area contributed by atoms with E-state index in [1.54, 1.807) is 72.8 Å². The number of aliphatic hydroxyl groups excluding tert-OH is 1. The minimum atomic E-state index is -1.81. The monoisotopic (exact) mass is 914 g/mol. The molecule has 62 heavy (non-hydrogen) atoms. The molecule has 3 aromatic heterocycles. The summed E-state index contributed by atoms with van der Waals surface area (Å²) in [5.41, 5.74) is 4.29. The second-order valence-electron chi connectivity index (χ2n) is 13.7. The minimum absolute atomic E-state index is 0. The Morgan fingerprint density at radius 3 is 1.13 bits per heavy atom. The summed E-state index contributed by atoms with van der Waals surface area (Å²) in [4.78, 5) is 16.5. The van der Waals surface area contributed by atoms with Crippen molar-refractivity contribution in [2.24, 2.45) is 0 Å². The molecule has 8 bridgehead atoms. The predicted octanol–water partition coefficient (Wildman–Crippen LogP) is 10.4. The van der Waals surface area contributed by atoms with Crippen molar-refractivity contribution in [3.8, 4) is 67.5 Å². The number of aromatic amines is 2. The fourth-order valence-corrected chi connectivity index (χ4v) is 7.47. The van der Waals surface area contributed by atoms with Crippen molar-refractivity contribution in [1.29, 1.82) is 0 Å². The zero-order valence-corrected chi connectivity index (χ0v) is 33.7. The van der Waals surface area contributed by atoms with Gasteiger partial charge in [0.15, 0.2) is 17.4 Å². The second-order valence-corrected chi connectivity index (χ2v) is 13.7. The van der Waals surface area contributed by atoms with Crippen molar-refractivity contribution in [1.82, 2.24) is 19.9 Å². The van der Waals surface area contributed by atoms with Crippen LogP contribution in [0.5, 0.6) is 23.0 Å². The molecule has 0 amide bonds. The Bertz CT molecular complexity index is 3040. The van der Waals surface area contributed by atoms with Crippen LogP contribution in [0.2, 0.25) is 0 Å². The number of ether oxygens (including phenoxy) is 1. The molecule has 16 heteroatoms. The smallest absolute Gasteiger partial charge is 0.204 e. The van der Waals surface area contributed by atoms with Crippen LogP contribution < -0.4 is 4.74 Å². The van der Waals surface area contributed by atoms with Crippen molar-refractivity contribution in [2.75, 3.05) is 13.2 Å². The van der Waals surface area contributed by atoms with Crippen LogP contribution in [-0.2, 0) is 0 Å². The third-order valence-electron chi connectivity index (χ3n) is 9.97. The number of rotatable bonds is 7. The molecule has 9 nitrogen and oxygen atoms in total. The summed E-state index contributed by atoms with van der Waals surface area (Å²) in [6.07, 6.45) is 6.58. The number of benzene rings is 4. The van der Waals surface area contributed by atoms with Gasteiger partial charge in [-0.2, -0.15) is 8.78 Å². The zero-order chi connectivity index (χ0) is 40.9. The van der Waals surface area contributed by atoms with Crippen LogP contribution in [0.1, 0.15) is 22.8 Å². The average Bonchev–Trinajstić information content (AvgIpc) is 4.06. The van der Waals surface area contributed by atoms with E-state index in [0.29, 0.717) is 61.3 Å². The van der Waals surface area contributed by atoms with E-state index < -0.39 is 47.8 Å². The minimum Gasteiger partial charge on any atom is -0.508 e. The van der Waals surface area contributed by atoms with Gasteiger partial charge >= 0.3 is 0 Å². The van der Waals surface area contributed by atoms with Crippen LogP contribution in [0.4, 0.5) is 17.6 Å². The molecular formula is C46H30Ar3F4N4O5. The van der Waals surface area contributed by atoms with E-state index >= 15 is 17.6 Å². The van der Waals surface area contributed by atoms with E-state index in [-0.39, 0.29) is 153 Å². The van der Waals surface area contributed by atoms with Gasteiger partial charge in [-0.1, -0.05) is 36.4 Å². The van der Waals surface area contributed by atoms with Gasteiger partial charge in [-0.05, 0) is 102 Å².